The molecule has 1 aromatic rings. The summed E-state index contributed by atoms with van der Waals surface area (Å²) in [6, 6.07) is 6.98. The van der Waals surface area contributed by atoms with Crippen LogP contribution in [0.5, 0.6) is 0 Å². The number of fused-ring (bicyclic) bond motifs is 1. The molecule has 0 unspecified atom stereocenters. The molecule has 2 fully saturated rings. The first-order valence-corrected chi connectivity index (χ1v) is 9.29. The van der Waals surface area contributed by atoms with Gasteiger partial charge in [0.2, 0.25) is 10.0 Å². The molecule has 22 heavy (non-hydrogen) atoms. The van der Waals surface area contributed by atoms with Crippen molar-refractivity contribution < 1.29 is 17.9 Å². The standard InChI is InChI=1S/C16H23NO4S/c1-3-20-15-8-7-14-16(15)21-10-9-17(14)22(18,19)13-6-4-5-12(2)11-13/h4-6,11,14-16H,3,7-10H2,1-2H3/t14-,15+,16+/m0/s1. The SMILES string of the molecule is CCO[C@@H]1CC[C@H]2[C@H]1OCCN2S(=O)(=O)c1cccc(C)c1. The van der Waals surface area contributed by atoms with Crippen LogP contribution in [0.25, 0.3) is 0 Å². The number of rotatable bonds is 4. The number of hydrogen-bond donors (Lipinski definition) is 0. The van der Waals surface area contributed by atoms with E-state index in [9.17, 15) is 8.42 Å². The predicted molar refractivity (Wildman–Crippen MR) is 83.2 cm³/mol. The Kier molecular flexibility index (Phi) is 4.54. The quantitative estimate of drug-likeness (QED) is 0.849. The Hall–Kier alpha value is -0.950. The average Bonchev–Trinajstić information content (AvgIpc) is 2.91. The third kappa shape index (κ3) is 2.80. The van der Waals surface area contributed by atoms with Crippen LogP contribution < -0.4 is 0 Å². The highest BCUT2D eigenvalue weighted by atomic mass is 32.2. The van der Waals surface area contributed by atoms with Crippen molar-refractivity contribution in [2.75, 3.05) is 19.8 Å². The van der Waals surface area contributed by atoms with Crippen LogP contribution in [0.4, 0.5) is 0 Å². The average molecular weight is 325 g/mol. The number of benzene rings is 1. The molecule has 6 heteroatoms. The molecule has 1 saturated carbocycles. The second kappa shape index (κ2) is 6.28. The van der Waals surface area contributed by atoms with Crippen LogP contribution in [-0.4, -0.2) is 50.7 Å². The van der Waals surface area contributed by atoms with Crippen molar-refractivity contribution in [3.05, 3.63) is 29.8 Å². The molecule has 1 aromatic carbocycles. The van der Waals surface area contributed by atoms with Crippen LogP contribution in [0.2, 0.25) is 0 Å². The molecule has 0 aromatic heterocycles. The zero-order valence-electron chi connectivity index (χ0n) is 13.1. The Morgan fingerprint density at radius 2 is 2.18 bits per heavy atom. The van der Waals surface area contributed by atoms with Gasteiger partial charge in [-0.2, -0.15) is 4.31 Å². The van der Waals surface area contributed by atoms with E-state index < -0.39 is 10.0 Å². The van der Waals surface area contributed by atoms with Gasteiger partial charge in [0, 0.05) is 13.2 Å². The molecular weight excluding hydrogens is 302 g/mol. The van der Waals surface area contributed by atoms with Gasteiger partial charge in [0.15, 0.2) is 0 Å². The lowest BCUT2D eigenvalue weighted by atomic mass is 10.1. The van der Waals surface area contributed by atoms with Crippen molar-refractivity contribution in [3.8, 4) is 0 Å². The first-order valence-electron chi connectivity index (χ1n) is 7.85. The van der Waals surface area contributed by atoms with Crippen LogP contribution in [0.1, 0.15) is 25.3 Å². The minimum atomic E-state index is -3.48. The van der Waals surface area contributed by atoms with E-state index in [1.807, 2.05) is 19.9 Å². The second-order valence-electron chi connectivity index (χ2n) is 5.91. The smallest absolute Gasteiger partial charge is 0.243 e. The van der Waals surface area contributed by atoms with E-state index in [2.05, 4.69) is 0 Å². The largest absolute Gasteiger partial charge is 0.376 e. The van der Waals surface area contributed by atoms with Gasteiger partial charge in [-0.25, -0.2) is 8.42 Å². The van der Waals surface area contributed by atoms with E-state index in [0.717, 1.165) is 18.4 Å². The van der Waals surface area contributed by atoms with Crippen molar-refractivity contribution in [2.45, 2.75) is 49.8 Å². The fourth-order valence-electron chi connectivity index (χ4n) is 3.48. The van der Waals surface area contributed by atoms with Gasteiger partial charge in [0.1, 0.15) is 6.10 Å². The third-order valence-electron chi connectivity index (χ3n) is 4.46. The normalized spacial score (nSPS) is 29.5. The molecular formula is C16H23NO4S. The van der Waals surface area contributed by atoms with Gasteiger partial charge in [-0.3, -0.25) is 0 Å². The maximum Gasteiger partial charge on any atom is 0.243 e. The predicted octanol–water partition coefficient (Wildman–Crippen LogP) is 1.95. The lowest BCUT2D eigenvalue weighted by Gasteiger charge is -2.38. The molecule has 0 amide bonds. The molecule has 1 aliphatic carbocycles. The summed E-state index contributed by atoms with van der Waals surface area (Å²) >= 11 is 0. The Labute approximate surface area is 132 Å². The maximum absolute atomic E-state index is 13.0. The highest BCUT2D eigenvalue weighted by Crippen LogP contribution is 2.35. The monoisotopic (exact) mass is 325 g/mol. The zero-order valence-corrected chi connectivity index (χ0v) is 13.9. The molecule has 0 bridgehead atoms. The molecule has 0 radical (unpaired) electrons. The number of hydrogen-bond acceptors (Lipinski definition) is 4. The number of sulfonamides is 1. The molecule has 0 N–H and O–H groups in total. The van der Waals surface area contributed by atoms with E-state index in [1.54, 1.807) is 22.5 Å². The molecule has 1 saturated heterocycles. The summed E-state index contributed by atoms with van der Waals surface area (Å²) < 4.78 is 39.1. The summed E-state index contributed by atoms with van der Waals surface area (Å²) in [5.74, 6) is 0. The van der Waals surface area contributed by atoms with Gasteiger partial charge >= 0.3 is 0 Å². The molecule has 2 aliphatic rings. The van der Waals surface area contributed by atoms with Gasteiger partial charge in [-0.05, 0) is 44.4 Å². The zero-order chi connectivity index (χ0) is 15.7. The van der Waals surface area contributed by atoms with Crippen LogP contribution >= 0.6 is 0 Å². The number of ether oxygens (including phenoxy) is 2. The third-order valence-corrected chi connectivity index (χ3v) is 6.38. The maximum atomic E-state index is 13.0. The minimum absolute atomic E-state index is 0.00510. The van der Waals surface area contributed by atoms with E-state index >= 15 is 0 Å². The summed E-state index contributed by atoms with van der Waals surface area (Å²) in [5.41, 5.74) is 0.949. The lowest BCUT2D eigenvalue weighted by molar-refractivity contribution is -0.0938. The first kappa shape index (κ1) is 15.9. The van der Waals surface area contributed by atoms with Crippen LogP contribution in [-0.2, 0) is 19.5 Å². The van der Waals surface area contributed by atoms with Crippen LogP contribution in [0.15, 0.2) is 29.2 Å². The van der Waals surface area contributed by atoms with Crippen molar-refractivity contribution in [2.24, 2.45) is 0 Å². The van der Waals surface area contributed by atoms with E-state index in [0.29, 0.717) is 24.7 Å². The fourth-order valence-corrected chi connectivity index (χ4v) is 5.24. The molecule has 122 valence electrons. The first-order chi connectivity index (χ1) is 10.5. The Bertz CT molecular complexity index is 631. The molecule has 3 atom stereocenters. The summed E-state index contributed by atoms with van der Waals surface area (Å²) in [7, 11) is -3.48. The topological polar surface area (TPSA) is 55.8 Å². The fraction of sp³-hybridized carbons (Fsp3) is 0.625. The van der Waals surface area contributed by atoms with Crippen molar-refractivity contribution >= 4 is 10.0 Å². The summed E-state index contributed by atoms with van der Waals surface area (Å²) in [6.07, 6.45) is 1.50. The molecule has 3 rings (SSSR count). The van der Waals surface area contributed by atoms with Gasteiger partial charge < -0.3 is 9.47 Å². The van der Waals surface area contributed by atoms with Gasteiger partial charge in [-0.1, -0.05) is 12.1 Å². The molecule has 5 nitrogen and oxygen atoms in total. The Morgan fingerprint density at radius 1 is 1.36 bits per heavy atom. The van der Waals surface area contributed by atoms with E-state index in [-0.39, 0.29) is 18.2 Å². The Balaban J connectivity index is 1.88. The molecule has 1 aliphatic heterocycles. The second-order valence-corrected chi connectivity index (χ2v) is 7.80. The lowest BCUT2D eigenvalue weighted by Crippen LogP contribution is -2.53. The highest BCUT2D eigenvalue weighted by Gasteiger charge is 2.47. The summed E-state index contributed by atoms with van der Waals surface area (Å²) in [5, 5.41) is 0. The van der Waals surface area contributed by atoms with E-state index in [1.165, 1.54) is 0 Å². The number of nitrogens with zero attached hydrogens (tertiary/aromatic N) is 1. The number of morpholine rings is 1. The van der Waals surface area contributed by atoms with Crippen molar-refractivity contribution in [1.82, 2.24) is 4.31 Å². The molecule has 1 heterocycles. The van der Waals surface area contributed by atoms with Crippen LogP contribution in [0, 0.1) is 6.92 Å². The van der Waals surface area contributed by atoms with Gasteiger partial charge in [0.05, 0.1) is 23.6 Å². The summed E-state index contributed by atoms with van der Waals surface area (Å²) in [6.45, 7) is 5.33. The van der Waals surface area contributed by atoms with Gasteiger partial charge in [-0.15, -0.1) is 0 Å². The minimum Gasteiger partial charge on any atom is -0.376 e. The van der Waals surface area contributed by atoms with Crippen LogP contribution in [0.3, 0.4) is 0 Å². The molecule has 0 spiro atoms. The van der Waals surface area contributed by atoms with Gasteiger partial charge in [0.25, 0.3) is 0 Å². The van der Waals surface area contributed by atoms with Crippen molar-refractivity contribution in [1.29, 1.82) is 0 Å². The number of aryl methyl sites for hydroxylation is 1. The van der Waals surface area contributed by atoms with Crippen molar-refractivity contribution in [3.63, 3.8) is 0 Å². The summed E-state index contributed by atoms with van der Waals surface area (Å²) in [4.78, 5) is 0.369. The van der Waals surface area contributed by atoms with E-state index in [4.69, 9.17) is 9.47 Å². The highest BCUT2D eigenvalue weighted by molar-refractivity contribution is 7.89. The Morgan fingerprint density at radius 3 is 2.91 bits per heavy atom.